The maximum Gasteiger partial charge on any atom is 0.416 e. The summed E-state index contributed by atoms with van der Waals surface area (Å²) in [5.41, 5.74) is 0.227. The van der Waals surface area contributed by atoms with E-state index in [1.807, 2.05) is 0 Å². The van der Waals surface area contributed by atoms with Crippen molar-refractivity contribution in [3.8, 4) is 22.5 Å². The first-order valence-corrected chi connectivity index (χ1v) is 9.29. The first kappa shape index (κ1) is 21.9. The summed E-state index contributed by atoms with van der Waals surface area (Å²) >= 11 is 0. The molecule has 0 bridgehead atoms. The summed E-state index contributed by atoms with van der Waals surface area (Å²) in [7, 11) is 0. The molecule has 0 unspecified atom stereocenters. The number of urea groups is 1. The van der Waals surface area contributed by atoms with Crippen LogP contribution in [0.3, 0.4) is 0 Å². The Morgan fingerprint density at radius 2 is 1.61 bits per heavy atom. The molecule has 3 N–H and O–H groups in total. The minimum absolute atomic E-state index is 0.117. The van der Waals surface area contributed by atoms with Gasteiger partial charge in [-0.2, -0.15) is 13.2 Å². The fourth-order valence-electron chi connectivity index (χ4n) is 3.09. The van der Waals surface area contributed by atoms with E-state index in [2.05, 4.69) is 31.3 Å². The lowest BCUT2D eigenvalue weighted by Crippen LogP contribution is -2.20. The zero-order chi connectivity index (χ0) is 23.6. The van der Waals surface area contributed by atoms with Gasteiger partial charge in [0.25, 0.3) is 0 Å². The zero-order valence-corrected chi connectivity index (χ0v) is 16.4. The van der Waals surface area contributed by atoms with Crippen LogP contribution in [0.25, 0.3) is 22.5 Å². The Hall–Kier alpha value is -4.35. The van der Waals surface area contributed by atoms with Crippen LogP contribution in [0.5, 0.6) is 0 Å². The first-order valence-electron chi connectivity index (χ1n) is 9.29. The normalized spacial score (nSPS) is 11.3. The predicted octanol–water partition coefficient (Wildman–Crippen LogP) is 5.47. The fourth-order valence-corrected chi connectivity index (χ4v) is 3.09. The van der Waals surface area contributed by atoms with E-state index in [0.29, 0.717) is 11.6 Å². The van der Waals surface area contributed by atoms with E-state index < -0.39 is 29.4 Å². The van der Waals surface area contributed by atoms with E-state index in [-0.39, 0.29) is 28.3 Å². The molecule has 2 amide bonds. The summed E-state index contributed by atoms with van der Waals surface area (Å²) in [4.78, 5) is 12.4. The molecule has 0 fully saturated rings. The molecule has 0 atom stereocenters. The van der Waals surface area contributed by atoms with Gasteiger partial charge in [-0.3, -0.25) is 0 Å². The second-order valence-electron chi connectivity index (χ2n) is 6.83. The lowest BCUT2D eigenvalue weighted by Gasteiger charge is -2.13. The highest BCUT2D eigenvalue weighted by atomic mass is 19.4. The van der Waals surface area contributed by atoms with Gasteiger partial charge in [-0.05, 0) is 58.0 Å². The van der Waals surface area contributed by atoms with Crippen molar-refractivity contribution in [1.82, 2.24) is 20.6 Å². The van der Waals surface area contributed by atoms with E-state index in [0.717, 1.165) is 24.3 Å². The number of hydrogen-bond acceptors (Lipinski definition) is 4. The third-order valence-electron chi connectivity index (χ3n) is 4.51. The number of H-pyrrole nitrogens is 1. The van der Waals surface area contributed by atoms with Crippen molar-refractivity contribution in [3.05, 3.63) is 77.9 Å². The van der Waals surface area contributed by atoms with E-state index in [4.69, 9.17) is 0 Å². The van der Waals surface area contributed by atoms with Gasteiger partial charge in [0, 0.05) is 17.3 Å². The summed E-state index contributed by atoms with van der Waals surface area (Å²) in [6.07, 6.45) is -4.51. The number of carbonyl (C=O) groups excluding carboxylic acids is 1. The monoisotopic (exact) mass is 460 g/mol. The third kappa shape index (κ3) is 5.11. The lowest BCUT2D eigenvalue weighted by molar-refractivity contribution is -0.137. The number of nitrogens with one attached hydrogen (secondary N) is 3. The topological polar surface area (TPSA) is 95.6 Å². The largest absolute Gasteiger partial charge is 0.416 e. The number of alkyl halides is 3. The second kappa shape index (κ2) is 8.65. The molecule has 168 valence electrons. The number of aromatic amines is 1. The molecule has 0 aliphatic heterocycles. The van der Waals surface area contributed by atoms with Gasteiger partial charge in [0.05, 0.1) is 11.3 Å². The summed E-state index contributed by atoms with van der Waals surface area (Å²) in [5.74, 6) is -1.61. The highest BCUT2D eigenvalue weighted by Crippen LogP contribution is 2.35. The number of nitrogens with zero attached hydrogens (tertiary/aromatic N) is 3. The minimum atomic E-state index is -4.51. The Balaban J connectivity index is 1.66. The summed E-state index contributed by atoms with van der Waals surface area (Å²) in [5, 5.41) is 18.1. The molecule has 0 saturated heterocycles. The minimum Gasteiger partial charge on any atom is -0.308 e. The smallest absolute Gasteiger partial charge is 0.308 e. The number of tetrazole rings is 1. The van der Waals surface area contributed by atoms with Crippen LogP contribution in [0.2, 0.25) is 0 Å². The van der Waals surface area contributed by atoms with Crippen molar-refractivity contribution < 1.29 is 26.7 Å². The number of halogens is 5. The predicted molar refractivity (Wildman–Crippen MR) is 109 cm³/mol. The number of anilines is 2. The Morgan fingerprint density at radius 1 is 0.879 bits per heavy atom. The SMILES string of the molecule is O=C(Nc1cc(F)cc(F)c1)Nc1ccc(-c2cccc(C(F)(F)F)c2)cc1-c1nnn[nH]1. The second-order valence-corrected chi connectivity index (χ2v) is 6.83. The van der Waals surface area contributed by atoms with Gasteiger partial charge >= 0.3 is 12.2 Å². The maximum atomic E-state index is 13.4. The van der Waals surface area contributed by atoms with Crippen LogP contribution in [0.15, 0.2) is 60.7 Å². The van der Waals surface area contributed by atoms with E-state index in [1.54, 1.807) is 0 Å². The van der Waals surface area contributed by atoms with Crippen LogP contribution >= 0.6 is 0 Å². The molecule has 0 saturated carbocycles. The Labute approximate surface area is 182 Å². The average molecular weight is 460 g/mol. The zero-order valence-electron chi connectivity index (χ0n) is 16.4. The molecule has 0 aliphatic carbocycles. The van der Waals surface area contributed by atoms with Crippen molar-refractivity contribution >= 4 is 17.4 Å². The summed E-state index contributed by atoms with van der Waals surface area (Å²) in [6.45, 7) is 0. The van der Waals surface area contributed by atoms with Crippen LogP contribution < -0.4 is 10.6 Å². The molecular weight excluding hydrogens is 447 g/mol. The highest BCUT2D eigenvalue weighted by molar-refractivity contribution is 6.02. The molecule has 4 rings (SSSR count). The van der Waals surface area contributed by atoms with E-state index in [9.17, 15) is 26.7 Å². The number of rotatable bonds is 4. The van der Waals surface area contributed by atoms with Gasteiger partial charge in [0.15, 0.2) is 5.82 Å². The van der Waals surface area contributed by atoms with Gasteiger partial charge in [0.1, 0.15) is 11.6 Å². The van der Waals surface area contributed by atoms with Crippen LogP contribution in [-0.4, -0.2) is 26.7 Å². The number of benzene rings is 3. The van der Waals surface area contributed by atoms with Crippen LogP contribution in [0.1, 0.15) is 5.56 Å². The summed E-state index contributed by atoms with van der Waals surface area (Å²) < 4.78 is 66.0. The van der Waals surface area contributed by atoms with E-state index >= 15 is 0 Å². The van der Waals surface area contributed by atoms with Gasteiger partial charge in [-0.15, -0.1) is 5.10 Å². The Morgan fingerprint density at radius 3 is 2.27 bits per heavy atom. The molecular formula is C21H13F5N6O. The molecule has 4 aromatic rings. The van der Waals surface area contributed by atoms with Crippen LogP contribution in [0.4, 0.5) is 38.1 Å². The van der Waals surface area contributed by atoms with Gasteiger partial charge in [0.2, 0.25) is 0 Å². The van der Waals surface area contributed by atoms with Gasteiger partial charge in [-0.1, -0.05) is 18.2 Å². The van der Waals surface area contributed by atoms with Crippen LogP contribution in [0, 0.1) is 11.6 Å². The molecule has 3 aromatic carbocycles. The molecule has 0 spiro atoms. The first-order chi connectivity index (χ1) is 15.7. The van der Waals surface area contributed by atoms with Crippen molar-refractivity contribution in [1.29, 1.82) is 0 Å². The molecule has 1 aromatic heterocycles. The third-order valence-corrected chi connectivity index (χ3v) is 4.51. The number of amides is 2. The fraction of sp³-hybridized carbons (Fsp3) is 0.0476. The number of carbonyl (C=O) groups is 1. The van der Waals surface area contributed by atoms with E-state index in [1.165, 1.54) is 30.3 Å². The van der Waals surface area contributed by atoms with Crippen molar-refractivity contribution in [2.45, 2.75) is 6.18 Å². The van der Waals surface area contributed by atoms with Crippen molar-refractivity contribution in [2.75, 3.05) is 10.6 Å². The molecule has 7 nitrogen and oxygen atoms in total. The van der Waals surface area contributed by atoms with Crippen LogP contribution in [-0.2, 0) is 6.18 Å². The van der Waals surface area contributed by atoms with Crippen molar-refractivity contribution in [3.63, 3.8) is 0 Å². The Bertz CT molecular complexity index is 1290. The molecule has 12 heteroatoms. The van der Waals surface area contributed by atoms with Gasteiger partial charge in [-0.25, -0.2) is 18.7 Å². The lowest BCUT2D eigenvalue weighted by atomic mass is 9.99. The molecule has 0 aliphatic rings. The number of hydrogen-bond donors (Lipinski definition) is 3. The Kier molecular flexibility index (Phi) is 5.73. The quantitative estimate of drug-likeness (QED) is 0.352. The number of aromatic nitrogens is 4. The highest BCUT2D eigenvalue weighted by Gasteiger charge is 2.30. The maximum absolute atomic E-state index is 13.4. The average Bonchev–Trinajstić information content (AvgIpc) is 3.27. The molecule has 33 heavy (non-hydrogen) atoms. The molecule has 1 heterocycles. The van der Waals surface area contributed by atoms with Gasteiger partial charge < -0.3 is 10.6 Å². The molecule has 0 radical (unpaired) electrons. The van der Waals surface area contributed by atoms with Crippen molar-refractivity contribution in [2.24, 2.45) is 0 Å². The standard InChI is InChI=1S/C21H13F5N6O/c22-14-8-15(23)10-16(9-14)27-20(33)28-18-5-4-12(7-17(18)19-29-31-32-30-19)11-2-1-3-13(6-11)21(24,25)26/h1-10H,(H2,27,28,33)(H,29,30,31,32). The summed E-state index contributed by atoms with van der Waals surface area (Å²) in [6, 6.07) is 10.9.